The van der Waals surface area contributed by atoms with Gasteiger partial charge in [-0.3, -0.25) is 4.79 Å². The van der Waals surface area contributed by atoms with E-state index < -0.39 is 0 Å². The highest BCUT2D eigenvalue weighted by Gasteiger charge is 2.25. The molecule has 0 aromatic heterocycles. The number of anilines is 1. The van der Waals surface area contributed by atoms with Crippen LogP contribution in [0.2, 0.25) is 10.0 Å². The van der Waals surface area contributed by atoms with Gasteiger partial charge < -0.3 is 5.32 Å². The Morgan fingerprint density at radius 2 is 1.89 bits per heavy atom. The molecule has 0 radical (unpaired) electrons. The smallest absolute Gasteiger partial charge is 0.227 e. The van der Waals surface area contributed by atoms with E-state index in [1.54, 1.807) is 18.2 Å². The molecule has 2 rings (SSSR count). The molecule has 0 aliphatic heterocycles. The Balaban J connectivity index is 1.97. The molecule has 0 unspecified atom stereocenters. The van der Waals surface area contributed by atoms with Crippen LogP contribution in [0.25, 0.3) is 0 Å². The average molecular weight is 300 g/mol. The minimum absolute atomic E-state index is 0.0507. The van der Waals surface area contributed by atoms with Gasteiger partial charge >= 0.3 is 0 Å². The van der Waals surface area contributed by atoms with E-state index in [1.165, 1.54) is 19.3 Å². The van der Waals surface area contributed by atoms with E-state index in [-0.39, 0.29) is 11.8 Å². The fourth-order valence-electron chi connectivity index (χ4n) is 2.68. The van der Waals surface area contributed by atoms with Crippen LogP contribution in [-0.2, 0) is 4.79 Å². The van der Waals surface area contributed by atoms with Gasteiger partial charge in [0.1, 0.15) is 0 Å². The van der Waals surface area contributed by atoms with Crippen LogP contribution in [-0.4, -0.2) is 5.91 Å². The molecule has 0 saturated heterocycles. The second-order valence-electron chi connectivity index (χ2n) is 5.30. The van der Waals surface area contributed by atoms with E-state index in [9.17, 15) is 4.79 Å². The van der Waals surface area contributed by atoms with Gasteiger partial charge in [-0.1, -0.05) is 49.4 Å². The van der Waals surface area contributed by atoms with E-state index in [2.05, 4.69) is 5.32 Å². The Kier molecular flexibility index (Phi) is 5.12. The molecule has 1 saturated carbocycles. The molecule has 1 aromatic carbocycles. The third kappa shape index (κ3) is 3.87. The van der Waals surface area contributed by atoms with Crippen LogP contribution in [0.4, 0.5) is 5.69 Å². The van der Waals surface area contributed by atoms with Crippen LogP contribution in [0.5, 0.6) is 0 Å². The number of carbonyl (C=O) groups excluding carboxylic acids is 1. The second-order valence-corrected chi connectivity index (χ2v) is 6.12. The fourth-order valence-corrected chi connectivity index (χ4v) is 2.98. The van der Waals surface area contributed by atoms with E-state index in [0.29, 0.717) is 21.7 Å². The first kappa shape index (κ1) is 14.7. The Morgan fingerprint density at radius 3 is 2.53 bits per heavy atom. The number of rotatable bonds is 3. The lowest BCUT2D eigenvalue weighted by Crippen LogP contribution is -2.28. The highest BCUT2D eigenvalue weighted by Crippen LogP contribution is 2.31. The van der Waals surface area contributed by atoms with Crippen molar-refractivity contribution in [1.82, 2.24) is 0 Å². The Labute approximate surface area is 124 Å². The first-order valence-electron chi connectivity index (χ1n) is 6.84. The molecule has 19 heavy (non-hydrogen) atoms. The lowest BCUT2D eigenvalue weighted by Gasteiger charge is -2.26. The highest BCUT2D eigenvalue weighted by molar-refractivity contribution is 6.42. The molecule has 104 valence electrons. The van der Waals surface area contributed by atoms with E-state index in [1.807, 2.05) is 6.92 Å². The normalized spacial score (nSPS) is 18.1. The second kappa shape index (κ2) is 6.62. The zero-order valence-corrected chi connectivity index (χ0v) is 12.6. The maximum absolute atomic E-state index is 12.2. The van der Waals surface area contributed by atoms with Gasteiger partial charge in [0.2, 0.25) is 5.91 Å². The molecule has 1 aliphatic carbocycles. The number of carbonyl (C=O) groups is 1. The molecule has 1 N–H and O–H groups in total. The third-order valence-electron chi connectivity index (χ3n) is 3.96. The van der Waals surface area contributed by atoms with Crippen LogP contribution in [0.3, 0.4) is 0 Å². The molecule has 0 bridgehead atoms. The molecule has 0 spiro atoms. The van der Waals surface area contributed by atoms with Gasteiger partial charge in [-0.05, 0) is 37.0 Å². The summed E-state index contributed by atoms with van der Waals surface area (Å²) in [7, 11) is 0. The summed E-state index contributed by atoms with van der Waals surface area (Å²) in [6, 6.07) is 5.17. The van der Waals surface area contributed by atoms with Gasteiger partial charge in [0, 0.05) is 11.6 Å². The Hall–Kier alpha value is -0.730. The molecule has 1 atom stereocenters. The maximum Gasteiger partial charge on any atom is 0.227 e. The van der Waals surface area contributed by atoms with Gasteiger partial charge in [0.15, 0.2) is 0 Å². The first-order chi connectivity index (χ1) is 9.08. The lowest BCUT2D eigenvalue weighted by atomic mass is 9.80. The Bertz CT molecular complexity index is 455. The molecule has 1 fully saturated rings. The van der Waals surface area contributed by atoms with Gasteiger partial charge in [-0.2, -0.15) is 0 Å². The third-order valence-corrected chi connectivity index (χ3v) is 4.70. The van der Waals surface area contributed by atoms with Crippen molar-refractivity contribution in [2.75, 3.05) is 5.32 Å². The molecule has 4 heteroatoms. The zero-order chi connectivity index (χ0) is 13.8. The van der Waals surface area contributed by atoms with E-state index in [0.717, 1.165) is 12.8 Å². The van der Waals surface area contributed by atoms with Crippen molar-refractivity contribution in [3.8, 4) is 0 Å². The number of hydrogen-bond donors (Lipinski definition) is 1. The predicted molar refractivity (Wildman–Crippen MR) is 80.8 cm³/mol. The van der Waals surface area contributed by atoms with Crippen molar-refractivity contribution in [2.45, 2.75) is 39.0 Å². The summed E-state index contributed by atoms with van der Waals surface area (Å²) in [6.45, 7) is 2.02. The first-order valence-corrected chi connectivity index (χ1v) is 7.59. The molecule has 1 aromatic rings. The van der Waals surface area contributed by atoms with Crippen LogP contribution < -0.4 is 5.32 Å². The lowest BCUT2D eigenvalue weighted by molar-refractivity contribution is -0.121. The van der Waals surface area contributed by atoms with Gasteiger partial charge in [0.25, 0.3) is 0 Å². The van der Waals surface area contributed by atoms with Crippen molar-refractivity contribution in [1.29, 1.82) is 0 Å². The standard InChI is InChI=1S/C15H19Cl2NO/c1-10(11-5-3-2-4-6-11)15(19)18-12-7-8-13(16)14(17)9-12/h7-11H,2-6H2,1H3,(H,18,19)/t10-/m0/s1. The molecule has 1 amide bonds. The van der Waals surface area contributed by atoms with Crippen molar-refractivity contribution in [3.05, 3.63) is 28.2 Å². The highest BCUT2D eigenvalue weighted by atomic mass is 35.5. The predicted octanol–water partition coefficient (Wildman–Crippen LogP) is 5.15. The Morgan fingerprint density at radius 1 is 1.21 bits per heavy atom. The maximum atomic E-state index is 12.2. The molecular weight excluding hydrogens is 281 g/mol. The van der Waals surface area contributed by atoms with Gasteiger partial charge in [-0.25, -0.2) is 0 Å². The van der Waals surface area contributed by atoms with Crippen molar-refractivity contribution in [2.24, 2.45) is 11.8 Å². The van der Waals surface area contributed by atoms with E-state index >= 15 is 0 Å². The summed E-state index contributed by atoms with van der Waals surface area (Å²) in [6.07, 6.45) is 6.12. The summed E-state index contributed by atoms with van der Waals surface area (Å²) < 4.78 is 0. The number of nitrogens with one attached hydrogen (secondary N) is 1. The molecule has 0 heterocycles. The summed E-state index contributed by atoms with van der Waals surface area (Å²) in [5, 5.41) is 3.89. The van der Waals surface area contributed by atoms with Crippen LogP contribution in [0.1, 0.15) is 39.0 Å². The van der Waals surface area contributed by atoms with Crippen molar-refractivity contribution >= 4 is 34.8 Å². The summed E-state index contributed by atoms with van der Waals surface area (Å²) in [5.74, 6) is 0.636. The minimum Gasteiger partial charge on any atom is -0.326 e. The number of amides is 1. The van der Waals surface area contributed by atoms with Crippen molar-refractivity contribution < 1.29 is 4.79 Å². The summed E-state index contributed by atoms with van der Waals surface area (Å²) in [4.78, 5) is 12.2. The van der Waals surface area contributed by atoms with Crippen LogP contribution >= 0.6 is 23.2 Å². The van der Waals surface area contributed by atoms with Gasteiger partial charge in [0.05, 0.1) is 10.0 Å². The largest absolute Gasteiger partial charge is 0.326 e. The molecule has 1 aliphatic rings. The monoisotopic (exact) mass is 299 g/mol. The van der Waals surface area contributed by atoms with Crippen LogP contribution in [0.15, 0.2) is 18.2 Å². The van der Waals surface area contributed by atoms with Crippen LogP contribution in [0, 0.1) is 11.8 Å². The number of benzene rings is 1. The fraction of sp³-hybridized carbons (Fsp3) is 0.533. The zero-order valence-electron chi connectivity index (χ0n) is 11.1. The van der Waals surface area contributed by atoms with E-state index in [4.69, 9.17) is 23.2 Å². The average Bonchev–Trinajstić information content (AvgIpc) is 2.43. The molecule has 2 nitrogen and oxygen atoms in total. The van der Waals surface area contributed by atoms with Crippen molar-refractivity contribution in [3.63, 3.8) is 0 Å². The minimum atomic E-state index is 0.0507. The number of hydrogen-bond acceptors (Lipinski definition) is 1. The quantitative estimate of drug-likeness (QED) is 0.822. The topological polar surface area (TPSA) is 29.1 Å². The summed E-state index contributed by atoms with van der Waals surface area (Å²) >= 11 is 11.8. The molecular formula is C15H19Cl2NO. The number of halogens is 2. The summed E-state index contributed by atoms with van der Waals surface area (Å²) in [5.41, 5.74) is 0.710. The van der Waals surface area contributed by atoms with Gasteiger partial charge in [-0.15, -0.1) is 0 Å². The SMILES string of the molecule is C[C@H](C(=O)Nc1ccc(Cl)c(Cl)c1)C1CCCCC1.